The predicted molar refractivity (Wildman–Crippen MR) is 69.1 cm³/mol. The third-order valence-electron chi connectivity index (χ3n) is 2.51. The molecule has 0 spiro atoms. The lowest BCUT2D eigenvalue weighted by Gasteiger charge is -2.03. The fourth-order valence-corrected chi connectivity index (χ4v) is 2.15. The van der Waals surface area contributed by atoms with E-state index in [-0.39, 0.29) is 5.82 Å². The lowest BCUT2D eigenvalue weighted by Crippen LogP contribution is -2.04. The molecule has 0 saturated heterocycles. The number of hydrogen-bond acceptors (Lipinski definition) is 2. The van der Waals surface area contributed by atoms with Crippen LogP contribution in [0.15, 0.2) is 28.9 Å². The van der Waals surface area contributed by atoms with Gasteiger partial charge in [0.2, 0.25) is 0 Å². The van der Waals surface area contributed by atoms with Crippen LogP contribution in [0.3, 0.4) is 0 Å². The molecule has 1 aromatic heterocycles. The van der Waals surface area contributed by atoms with Gasteiger partial charge in [0, 0.05) is 35.3 Å². The van der Waals surface area contributed by atoms with Crippen LogP contribution in [0.2, 0.25) is 0 Å². The summed E-state index contributed by atoms with van der Waals surface area (Å²) in [7, 11) is 1.82. The fraction of sp³-hybridized carbons (Fsp3) is 0.250. The van der Waals surface area contributed by atoms with Gasteiger partial charge in [-0.05, 0) is 24.7 Å². The molecule has 0 bridgehead atoms. The Kier molecular flexibility index (Phi) is 3.59. The topological polar surface area (TPSA) is 43.8 Å². The molecule has 17 heavy (non-hydrogen) atoms. The Hall–Kier alpha value is -1.20. The number of hydrogen-bond donors (Lipinski definition) is 1. The molecule has 2 rings (SSSR count). The van der Waals surface area contributed by atoms with E-state index in [1.54, 1.807) is 16.8 Å². The predicted octanol–water partition coefficient (Wildman–Crippen LogP) is 2.49. The van der Waals surface area contributed by atoms with Gasteiger partial charge in [-0.1, -0.05) is 15.9 Å². The Morgan fingerprint density at radius 1 is 1.41 bits per heavy atom. The molecule has 0 aliphatic carbocycles. The summed E-state index contributed by atoms with van der Waals surface area (Å²) in [6.07, 6.45) is 2.46. The minimum absolute atomic E-state index is 0.250. The molecular formula is C12H13BrFN3. The van der Waals surface area contributed by atoms with E-state index in [1.807, 2.05) is 13.2 Å². The molecule has 0 amide bonds. The van der Waals surface area contributed by atoms with Gasteiger partial charge in [-0.15, -0.1) is 0 Å². The summed E-state index contributed by atoms with van der Waals surface area (Å²) in [5, 5.41) is 4.30. The summed E-state index contributed by atoms with van der Waals surface area (Å²) in [6.45, 7) is 0.500. The third-order valence-corrected chi connectivity index (χ3v) is 3.00. The molecule has 1 aromatic carbocycles. The van der Waals surface area contributed by atoms with Crippen molar-refractivity contribution in [3.8, 4) is 11.1 Å². The Labute approximate surface area is 108 Å². The van der Waals surface area contributed by atoms with Gasteiger partial charge in [0.25, 0.3) is 0 Å². The first-order valence-corrected chi connectivity index (χ1v) is 6.09. The summed E-state index contributed by atoms with van der Waals surface area (Å²) in [5.74, 6) is -0.250. The second kappa shape index (κ2) is 4.98. The third kappa shape index (κ3) is 2.56. The molecule has 0 saturated carbocycles. The van der Waals surface area contributed by atoms with E-state index in [2.05, 4.69) is 21.0 Å². The molecule has 0 unspecified atom stereocenters. The number of nitrogens with zero attached hydrogens (tertiary/aromatic N) is 2. The molecule has 90 valence electrons. The van der Waals surface area contributed by atoms with Crippen LogP contribution in [-0.2, 0) is 13.5 Å². The highest BCUT2D eigenvalue weighted by Gasteiger charge is 2.13. The number of nitrogens with two attached hydrogens (primary N) is 1. The van der Waals surface area contributed by atoms with Crippen molar-refractivity contribution in [1.82, 2.24) is 9.78 Å². The van der Waals surface area contributed by atoms with Gasteiger partial charge >= 0.3 is 0 Å². The highest BCUT2D eigenvalue weighted by Crippen LogP contribution is 2.28. The van der Waals surface area contributed by atoms with E-state index in [9.17, 15) is 4.39 Å². The average Bonchev–Trinajstić information content (AvgIpc) is 2.64. The molecule has 2 N–H and O–H groups in total. The van der Waals surface area contributed by atoms with Crippen LogP contribution in [0.4, 0.5) is 4.39 Å². The van der Waals surface area contributed by atoms with Gasteiger partial charge < -0.3 is 5.73 Å². The minimum Gasteiger partial charge on any atom is -0.330 e. The van der Waals surface area contributed by atoms with Crippen molar-refractivity contribution in [1.29, 1.82) is 0 Å². The Morgan fingerprint density at radius 3 is 2.88 bits per heavy atom. The van der Waals surface area contributed by atoms with Crippen LogP contribution in [0.25, 0.3) is 11.1 Å². The zero-order valence-corrected chi connectivity index (χ0v) is 11.0. The first-order valence-electron chi connectivity index (χ1n) is 5.30. The molecule has 0 atom stereocenters. The van der Waals surface area contributed by atoms with Crippen molar-refractivity contribution in [3.63, 3.8) is 0 Å². The molecule has 0 radical (unpaired) electrons. The van der Waals surface area contributed by atoms with Gasteiger partial charge in [0.1, 0.15) is 5.82 Å². The van der Waals surface area contributed by atoms with Crippen LogP contribution in [0.1, 0.15) is 5.69 Å². The van der Waals surface area contributed by atoms with Crippen molar-refractivity contribution < 1.29 is 4.39 Å². The van der Waals surface area contributed by atoms with Crippen molar-refractivity contribution in [2.45, 2.75) is 6.42 Å². The van der Waals surface area contributed by atoms with Crippen molar-refractivity contribution in [3.05, 3.63) is 40.4 Å². The Balaban J connectivity index is 2.55. The van der Waals surface area contributed by atoms with Crippen LogP contribution < -0.4 is 5.73 Å². The number of aromatic nitrogens is 2. The van der Waals surface area contributed by atoms with Crippen LogP contribution >= 0.6 is 15.9 Å². The van der Waals surface area contributed by atoms with Gasteiger partial charge in [0.15, 0.2) is 0 Å². The maximum absolute atomic E-state index is 13.8. The summed E-state index contributed by atoms with van der Waals surface area (Å²) >= 11 is 3.35. The highest BCUT2D eigenvalue weighted by atomic mass is 79.9. The monoisotopic (exact) mass is 297 g/mol. The lowest BCUT2D eigenvalue weighted by molar-refractivity contribution is 0.631. The van der Waals surface area contributed by atoms with Crippen LogP contribution in [0.5, 0.6) is 0 Å². The number of halogens is 2. The largest absolute Gasteiger partial charge is 0.330 e. The minimum atomic E-state index is -0.250. The smallest absolute Gasteiger partial charge is 0.131 e. The van der Waals surface area contributed by atoms with E-state index in [1.165, 1.54) is 6.07 Å². The molecule has 3 nitrogen and oxygen atoms in total. The van der Waals surface area contributed by atoms with Crippen molar-refractivity contribution >= 4 is 15.9 Å². The summed E-state index contributed by atoms with van der Waals surface area (Å²) in [6, 6.07) is 4.88. The Morgan fingerprint density at radius 2 is 2.18 bits per heavy atom. The number of aryl methyl sites for hydroxylation is 1. The standard InChI is InChI=1S/C12H13BrFN3/c1-17-7-10(12(16-17)4-5-15)9-6-8(13)2-3-11(9)14/h2-3,6-7H,4-5,15H2,1H3. The SMILES string of the molecule is Cn1cc(-c2cc(Br)ccc2F)c(CCN)n1. The normalized spacial score (nSPS) is 10.8. The molecule has 0 fully saturated rings. The summed E-state index contributed by atoms with van der Waals surface area (Å²) < 4.78 is 16.3. The summed E-state index contributed by atoms with van der Waals surface area (Å²) in [4.78, 5) is 0. The maximum Gasteiger partial charge on any atom is 0.131 e. The second-order valence-electron chi connectivity index (χ2n) is 3.83. The van der Waals surface area contributed by atoms with Gasteiger partial charge in [-0.25, -0.2) is 4.39 Å². The second-order valence-corrected chi connectivity index (χ2v) is 4.74. The Bertz CT molecular complexity index is 537. The van der Waals surface area contributed by atoms with Gasteiger partial charge in [0.05, 0.1) is 5.69 Å². The zero-order valence-electron chi connectivity index (χ0n) is 9.45. The van der Waals surface area contributed by atoms with Gasteiger partial charge in [-0.3, -0.25) is 4.68 Å². The first kappa shape index (κ1) is 12.3. The average molecular weight is 298 g/mol. The molecule has 2 aromatic rings. The lowest BCUT2D eigenvalue weighted by atomic mass is 10.0. The highest BCUT2D eigenvalue weighted by molar-refractivity contribution is 9.10. The fourth-order valence-electron chi connectivity index (χ4n) is 1.78. The first-order chi connectivity index (χ1) is 8.11. The summed E-state index contributed by atoms with van der Waals surface area (Å²) in [5.41, 5.74) is 7.71. The maximum atomic E-state index is 13.8. The molecule has 0 aliphatic heterocycles. The molecule has 5 heteroatoms. The van der Waals surface area contributed by atoms with E-state index in [4.69, 9.17) is 5.73 Å². The quantitative estimate of drug-likeness (QED) is 0.946. The number of benzene rings is 1. The molecule has 0 aliphatic rings. The molecule has 1 heterocycles. The van der Waals surface area contributed by atoms with Crippen LogP contribution in [0, 0.1) is 5.82 Å². The van der Waals surface area contributed by atoms with Crippen molar-refractivity contribution in [2.24, 2.45) is 12.8 Å². The zero-order chi connectivity index (χ0) is 12.4. The van der Waals surface area contributed by atoms with E-state index >= 15 is 0 Å². The number of rotatable bonds is 3. The van der Waals surface area contributed by atoms with Crippen molar-refractivity contribution in [2.75, 3.05) is 6.54 Å². The van der Waals surface area contributed by atoms with E-state index in [0.29, 0.717) is 18.5 Å². The van der Waals surface area contributed by atoms with Crippen LogP contribution in [-0.4, -0.2) is 16.3 Å². The molecular weight excluding hydrogens is 285 g/mol. The van der Waals surface area contributed by atoms with Gasteiger partial charge in [-0.2, -0.15) is 5.10 Å². The van der Waals surface area contributed by atoms with E-state index in [0.717, 1.165) is 15.7 Å². The van der Waals surface area contributed by atoms with E-state index < -0.39 is 0 Å².